The number of amides is 2. The lowest BCUT2D eigenvalue weighted by atomic mass is 10.1. The molecule has 0 fully saturated rings. The third-order valence-electron chi connectivity index (χ3n) is 3.89. The lowest BCUT2D eigenvalue weighted by Gasteiger charge is -2.07. The highest BCUT2D eigenvalue weighted by Gasteiger charge is 2.21. The maximum absolute atomic E-state index is 13.1. The molecule has 138 valence electrons. The zero-order valence-electron chi connectivity index (χ0n) is 14.4. The van der Waals surface area contributed by atoms with Gasteiger partial charge in [-0.1, -0.05) is 23.7 Å². The fraction of sp³-hybridized carbons (Fsp3) is 0.105. The molecule has 27 heavy (non-hydrogen) atoms. The molecule has 2 amide bonds. The van der Waals surface area contributed by atoms with Crippen LogP contribution < -0.4 is 11.1 Å². The van der Waals surface area contributed by atoms with Crippen molar-refractivity contribution in [2.75, 3.05) is 5.32 Å². The van der Waals surface area contributed by atoms with Gasteiger partial charge in [0.05, 0.1) is 17.8 Å². The van der Waals surface area contributed by atoms with E-state index in [0.717, 1.165) is 5.56 Å². The van der Waals surface area contributed by atoms with Gasteiger partial charge in [-0.05, 0) is 48.9 Å². The molecule has 0 aliphatic heterocycles. The van der Waals surface area contributed by atoms with Crippen molar-refractivity contribution in [3.63, 3.8) is 0 Å². The van der Waals surface area contributed by atoms with Crippen molar-refractivity contribution in [1.29, 1.82) is 0 Å². The molecule has 0 aliphatic rings. The molecule has 1 aromatic heterocycles. The Bertz CT molecular complexity index is 998. The summed E-state index contributed by atoms with van der Waals surface area (Å²) in [6.07, 6.45) is 0.129. The number of nitrogens with one attached hydrogen (secondary N) is 1. The van der Waals surface area contributed by atoms with E-state index in [2.05, 4.69) is 10.4 Å². The van der Waals surface area contributed by atoms with Crippen molar-refractivity contribution < 1.29 is 14.0 Å². The number of primary amides is 1. The number of benzene rings is 2. The van der Waals surface area contributed by atoms with Crippen molar-refractivity contribution in [1.82, 2.24) is 9.78 Å². The second kappa shape index (κ2) is 7.59. The van der Waals surface area contributed by atoms with Gasteiger partial charge < -0.3 is 11.1 Å². The summed E-state index contributed by atoms with van der Waals surface area (Å²) in [6.45, 7) is 1.66. The monoisotopic (exact) mass is 386 g/mol. The van der Waals surface area contributed by atoms with Crippen molar-refractivity contribution >= 4 is 29.1 Å². The fourth-order valence-corrected chi connectivity index (χ4v) is 2.97. The van der Waals surface area contributed by atoms with Crippen LogP contribution in [0.4, 0.5) is 10.1 Å². The number of aryl methyl sites for hydroxylation is 1. The number of anilines is 1. The van der Waals surface area contributed by atoms with Gasteiger partial charge in [-0.2, -0.15) is 5.10 Å². The van der Waals surface area contributed by atoms with Crippen LogP contribution in [0.25, 0.3) is 5.69 Å². The lowest BCUT2D eigenvalue weighted by molar-refractivity contribution is -0.117. The molecule has 0 aliphatic carbocycles. The molecule has 8 heteroatoms. The van der Waals surface area contributed by atoms with E-state index in [0.29, 0.717) is 17.1 Å². The minimum atomic E-state index is -0.428. The van der Waals surface area contributed by atoms with Gasteiger partial charge in [0.1, 0.15) is 16.5 Å². The number of carbonyl (C=O) groups is 2. The Labute approximate surface area is 159 Å². The van der Waals surface area contributed by atoms with E-state index in [1.54, 1.807) is 31.2 Å². The van der Waals surface area contributed by atoms with Crippen LogP contribution in [0.5, 0.6) is 0 Å². The lowest BCUT2D eigenvalue weighted by Crippen LogP contribution is -2.14. The number of hydrogen-bond donors (Lipinski definition) is 2. The van der Waals surface area contributed by atoms with Gasteiger partial charge in [-0.15, -0.1) is 0 Å². The molecule has 1 heterocycles. The van der Waals surface area contributed by atoms with Crippen molar-refractivity contribution in [3.05, 3.63) is 76.3 Å². The van der Waals surface area contributed by atoms with Gasteiger partial charge in [0, 0.05) is 5.69 Å². The minimum absolute atomic E-state index is 0.127. The zero-order chi connectivity index (χ0) is 19.6. The summed E-state index contributed by atoms with van der Waals surface area (Å²) in [5.41, 5.74) is 7.65. The Morgan fingerprint density at radius 1 is 1.15 bits per heavy atom. The predicted molar refractivity (Wildman–Crippen MR) is 101 cm³/mol. The highest BCUT2D eigenvalue weighted by atomic mass is 35.5. The molecule has 3 aromatic rings. The molecule has 0 unspecified atom stereocenters. The molecule has 0 atom stereocenters. The molecule has 3 rings (SSSR count). The third kappa shape index (κ3) is 4.15. The molecule has 3 N–H and O–H groups in total. The van der Waals surface area contributed by atoms with E-state index in [-0.39, 0.29) is 23.0 Å². The van der Waals surface area contributed by atoms with Crippen molar-refractivity contribution in [2.45, 2.75) is 13.3 Å². The minimum Gasteiger partial charge on any atom is -0.369 e. The number of nitrogens with zero attached hydrogens (tertiary/aromatic N) is 2. The van der Waals surface area contributed by atoms with Crippen LogP contribution in [0, 0.1) is 12.7 Å². The van der Waals surface area contributed by atoms with Gasteiger partial charge in [-0.3, -0.25) is 9.59 Å². The predicted octanol–water partition coefficient (Wildman–Crippen LogP) is 3.25. The average molecular weight is 387 g/mol. The number of nitrogens with two attached hydrogens (primary N) is 1. The molecule has 0 saturated carbocycles. The van der Waals surface area contributed by atoms with Gasteiger partial charge >= 0.3 is 0 Å². The fourth-order valence-electron chi connectivity index (χ4n) is 2.61. The highest BCUT2D eigenvalue weighted by molar-refractivity contribution is 6.34. The second-order valence-corrected chi connectivity index (χ2v) is 6.29. The summed E-state index contributed by atoms with van der Waals surface area (Å²) >= 11 is 6.34. The highest BCUT2D eigenvalue weighted by Crippen LogP contribution is 2.25. The summed E-state index contributed by atoms with van der Waals surface area (Å²) in [4.78, 5) is 23.6. The summed E-state index contributed by atoms with van der Waals surface area (Å²) in [5.74, 6) is -1.23. The first-order valence-corrected chi connectivity index (χ1v) is 8.42. The number of halogens is 2. The quantitative estimate of drug-likeness (QED) is 0.705. The van der Waals surface area contributed by atoms with Gasteiger partial charge in [-0.25, -0.2) is 9.07 Å². The van der Waals surface area contributed by atoms with Crippen LogP contribution >= 0.6 is 11.6 Å². The standard InChI is InChI=1S/C19H16ClFN4O2/c1-11-17(18(20)25(24-11)15-8-4-13(21)5-9-15)19(27)23-14-6-2-12(3-7-14)10-16(22)26/h2-9H,10H2,1H3,(H2,22,26)(H,23,27). The van der Waals surface area contributed by atoms with E-state index >= 15 is 0 Å². The summed E-state index contributed by atoms with van der Waals surface area (Å²) < 4.78 is 14.5. The van der Waals surface area contributed by atoms with E-state index < -0.39 is 11.8 Å². The molecule has 2 aromatic carbocycles. The van der Waals surface area contributed by atoms with Crippen molar-refractivity contribution in [2.24, 2.45) is 5.73 Å². The summed E-state index contributed by atoms with van der Waals surface area (Å²) in [6, 6.07) is 12.4. The number of rotatable bonds is 5. The topological polar surface area (TPSA) is 90.0 Å². The van der Waals surface area contributed by atoms with Gasteiger partial charge in [0.2, 0.25) is 5.91 Å². The molecule has 0 radical (unpaired) electrons. The zero-order valence-corrected chi connectivity index (χ0v) is 15.1. The molecular formula is C19H16ClFN4O2. The first kappa shape index (κ1) is 18.6. The Morgan fingerprint density at radius 3 is 2.37 bits per heavy atom. The van der Waals surface area contributed by atoms with E-state index in [1.807, 2.05) is 0 Å². The maximum atomic E-state index is 13.1. The molecule has 0 spiro atoms. The molecule has 0 saturated heterocycles. The second-order valence-electron chi connectivity index (χ2n) is 5.93. The van der Waals surface area contributed by atoms with Crippen LogP contribution in [0.3, 0.4) is 0 Å². The number of hydrogen-bond acceptors (Lipinski definition) is 3. The normalized spacial score (nSPS) is 10.6. The smallest absolute Gasteiger partial charge is 0.260 e. The first-order chi connectivity index (χ1) is 12.8. The van der Waals surface area contributed by atoms with Crippen LogP contribution in [-0.4, -0.2) is 21.6 Å². The van der Waals surface area contributed by atoms with Crippen LogP contribution in [0.1, 0.15) is 21.6 Å². The Hall–Kier alpha value is -3.19. The maximum Gasteiger partial charge on any atom is 0.260 e. The Morgan fingerprint density at radius 2 is 1.78 bits per heavy atom. The van der Waals surface area contributed by atoms with E-state index in [9.17, 15) is 14.0 Å². The number of carbonyl (C=O) groups excluding carboxylic acids is 2. The van der Waals surface area contributed by atoms with Gasteiger partial charge in [0.25, 0.3) is 5.91 Å². The van der Waals surface area contributed by atoms with Crippen LogP contribution in [0.2, 0.25) is 5.15 Å². The number of aromatic nitrogens is 2. The molecule has 6 nitrogen and oxygen atoms in total. The van der Waals surface area contributed by atoms with Crippen molar-refractivity contribution in [3.8, 4) is 5.69 Å². The van der Waals surface area contributed by atoms with Gasteiger partial charge in [0.15, 0.2) is 0 Å². The van der Waals surface area contributed by atoms with Crippen LogP contribution in [-0.2, 0) is 11.2 Å². The molecular weight excluding hydrogens is 371 g/mol. The van der Waals surface area contributed by atoms with E-state index in [4.69, 9.17) is 17.3 Å². The average Bonchev–Trinajstić information content (AvgIpc) is 2.91. The summed E-state index contributed by atoms with van der Waals surface area (Å²) in [7, 11) is 0. The summed E-state index contributed by atoms with van der Waals surface area (Å²) in [5, 5.41) is 7.14. The third-order valence-corrected chi connectivity index (χ3v) is 4.24. The molecule has 0 bridgehead atoms. The van der Waals surface area contributed by atoms with E-state index in [1.165, 1.54) is 28.9 Å². The van der Waals surface area contributed by atoms with Crippen LogP contribution in [0.15, 0.2) is 48.5 Å². The first-order valence-electron chi connectivity index (χ1n) is 8.05. The Kier molecular flexibility index (Phi) is 5.23. The largest absolute Gasteiger partial charge is 0.369 e. The Balaban J connectivity index is 1.83. The SMILES string of the molecule is Cc1nn(-c2ccc(F)cc2)c(Cl)c1C(=O)Nc1ccc(CC(N)=O)cc1.